The van der Waals surface area contributed by atoms with Crippen LogP contribution in [-0.2, 0) is 23.4 Å². The van der Waals surface area contributed by atoms with Crippen LogP contribution >= 0.6 is 23.1 Å². The van der Waals surface area contributed by atoms with Crippen molar-refractivity contribution in [3.63, 3.8) is 0 Å². The Kier molecular flexibility index (Phi) is 5.91. The zero-order chi connectivity index (χ0) is 20.4. The number of aromatic amines is 1. The van der Waals surface area contributed by atoms with Crippen LogP contribution in [0.15, 0.2) is 23.0 Å². The van der Waals surface area contributed by atoms with Crippen LogP contribution < -0.4 is 10.9 Å². The van der Waals surface area contributed by atoms with E-state index < -0.39 is 0 Å². The highest BCUT2D eigenvalue weighted by atomic mass is 32.2. The third-order valence-corrected chi connectivity index (χ3v) is 7.26. The number of carbonyl (C=O) groups is 1. The van der Waals surface area contributed by atoms with Gasteiger partial charge in [0, 0.05) is 17.1 Å². The van der Waals surface area contributed by atoms with E-state index in [-0.39, 0.29) is 17.2 Å². The molecule has 0 bridgehead atoms. The average molecular weight is 430 g/mol. The molecule has 1 aliphatic rings. The lowest BCUT2D eigenvalue weighted by atomic mass is 9.97. The summed E-state index contributed by atoms with van der Waals surface area (Å²) in [6.45, 7) is 1.84. The molecule has 2 aromatic heterocycles. The number of nitrogens with one attached hydrogen (secondary N) is 2. The van der Waals surface area contributed by atoms with Gasteiger partial charge >= 0.3 is 0 Å². The number of phenols is 1. The van der Waals surface area contributed by atoms with Crippen LogP contribution in [0.4, 0.5) is 5.69 Å². The molecule has 3 aromatic rings. The van der Waals surface area contributed by atoms with E-state index in [0.29, 0.717) is 29.4 Å². The number of aromatic nitrogens is 2. The predicted octanol–water partition coefficient (Wildman–Crippen LogP) is 4.14. The fraction of sp³-hybridized carbons (Fsp3) is 0.381. The number of H-pyrrole nitrogens is 1. The molecule has 0 unspecified atom stereocenters. The molecule has 0 fully saturated rings. The molecule has 3 N–H and O–H groups in total. The summed E-state index contributed by atoms with van der Waals surface area (Å²) in [5, 5.41) is 13.4. The Morgan fingerprint density at radius 1 is 1.34 bits per heavy atom. The minimum Gasteiger partial charge on any atom is -0.506 e. The smallest absolute Gasteiger partial charge is 0.259 e. The SMILES string of the molecule is Cc1cccc(O)c1NC(=O)CCSCc1nc2sc3c(c2c(=O)[nH]1)CCCC3. The molecule has 0 saturated carbocycles. The van der Waals surface area contributed by atoms with Crippen LogP contribution in [0.2, 0.25) is 0 Å². The van der Waals surface area contributed by atoms with E-state index in [1.165, 1.54) is 16.9 Å². The van der Waals surface area contributed by atoms with E-state index >= 15 is 0 Å². The predicted molar refractivity (Wildman–Crippen MR) is 119 cm³/mol. The first kappa shape index (κ1) is 20.0. The molecule has 0 aliphatic heterocycles. The molecule has 0 radical (unpaired) electrons. The molecule has 1 amide bonds. The summed E-state index contributed by atoms with van der Waals surface area (Å²) in [5.41, 5.74) is 2.43. The van der Waals surface area contributed by atoms with Gasteiger partial charge in [-0.15, -0.1) is 11.3 Å². The normalized spacial score (nSPS) is 13.4. The number of thiophene rings is 1. The number of para-hydroxylation sites is 1. The van der Waals surface area contributed by atoms with Crippen molar-refractivity contribution in [2.75, 3.05) is 11.1 Å². The third-order valence-electron chi connectivity index (χ3n) is 5.10. The van der Waals surface area contributed by atoms with Gasteiger partial charge in [0.25, 0.3) is 5.56 Å². The Balaban J connectivity index is 1.34. The van der Waals surface area contributed by atoms with E-state index in [2.05, 4.69) is 15.3 Å². The first-order chi connectivity index (χ1) is 14.0. The number of fused-ring (bicyclic) bond motifs is 3. The third kappa shape index (κ3) is 4.33. The first-order valence-corrected chi connectivity index (χ1v) is 11.7. The summed E-state index contributed by atoms with van der Waals surface area (Å²) in [4.78, 5) is 34.4. The van der Waals surface area contributed by atoms with Crippen molar-refractivity contribution in [1.82, 2.24) is 9.97 Å². The van der Waals surface area contributed by atoms with Gasteiger partial charge in [-0.3, -0.25) is 9.59 Å². The zero-order valence-electron chi connectivity index (χ0n) is 16.2. The van der Waals surface area contributed by atoms with Crippen LogP contribution in [0.5, 0.6) is 5.75 Å². The van der Waals surface area contributed by atoms with E-state index in [0.717, 1.165) is 35.0 Å². The topological polar surface area (TPSA) is 95.1 Å². The van der Waals surface area contributed by atoms with Crippen LogP contribution in [0, 0.1) is 6.92 Å². The number of aromatic hydroxyl groups is 1. The maximum Gasteiger partial charge on any atom is 0.259 e. The number of aryl methyl sites for hydroxylation is 3. The van der Waals surface area contributed by atoms with Gasteiger partial charge in [-0.1, -0.05) is 12.1 Å². The molecule has 1 aliphatic carbocycles. The van der Waals surface area contributed by atoms with Gasteiger partial charge < -0.3 is 15.4 Å². The van der Waals surface area contributed by atoms with Crippen molar-refractivity contribution in [3.05, 3.63) is 50.4 Å². The number of anilines is 1. The number of amides is 1. The highest BCUT2D eigenvalue weighted by Gasteiger charge is 2.19. The molecular formula is C21H23N3O3S2. The molecule has 2 heterocycles. The summed E-state index contributed by atoms with van der Waals surface area (Å²) < 4.78 is 0. The minimum atomic E-state index is -0.148. The Labute approximate surface area is 176 Å². The Morgan fingerprint density at radius 3 is 3.00 bits per heavy atom. The fourth-order valence-corrected chi connectivity index (χ4v) is 5.71. The molecule has 0 saturated heterocycles. The number of phenolic OH excluding ortho intramolecular Hbond substituents is 1. The summed E-state index contributed by atoms with van der Waals surface area (Å²) in [5.74, 6) is 1.73. The number of thioether (sulfide) groups is 1. The van der Waals surface area contributed by atoms with Gasteiger partial charge in [-0.25, -0.2) is 4.98 Å². The van der Waals surface area contributed by atoms with Crippen LogP contribution in [-0.4, -0.2) is 26.7 Å². The summed E-state index contributed by atoms with van der Waals surface area (Å²) in [6, 6.07) is 5.13. The molecular weight excluding hydrogens is 406 g/mol. The molecule has 6 nitrogen and oxygen atoms in total. The second-order valence-electron chi connectivity index (χ2n) is 7.22. The lowest BCUT2D eigenvalue weighted by molar-refractivity contribution is -0.115. The van der Waals surface area contributed by atoms with Crippen molar-refractivity contribution < 1.29 is 9.90 Å². The van der Waals surface area contributed by atoms with Crippen LogP contribution in [0.25, 0.3) is 10.2 Å². The second kappa shape index (κ2) is 8.59. The van der Waals surface area contributed by atoms with Crippen LogP contribution in [0.1, 0.15) is 41.1 Å². The van der Waals surface area contributed by atoms with Gasteiger partial charge in [-0.2, -0.15) is 11.8 Å². The lowest BCUT2D eigenvalue weighted by Crippen LogP contribution is -2.14. The van der Waals surface area contributed by atoms with Crippen LogP contribution in [0.3, 0.4) is 0 Å². The van der Waals surface area contributed by atoms with E-state index in [1.54, 1.807) is 35.2 Å². The highest BCUT2D eigenvalue weighted by molar-refractivity contribution is 7.98. The molecule has 29 heavy (non-hydrogen) atoms. The number of benzene rings is 1. The molecule has 0 spiro atoms. The quantitative estimate of drug-likeness (QED) is 0.404. The number of hydrogen-bond acceptors (Lipinski definition) is 6. The monoisotopic (exact) mass is 429 g/mol. The van der Waals surface area contributed by atoms with Crippen molar-refractivity contribution in [2.24, 2.45) is 0 Å². The fourth-order valence-electron chi connectivity index (χ4n) is 3.63. The molecule has 1 aromatic carbocycles. The maximum absolute atomic E-state index is 12.6. The molecule has 4 rings (SSSR count). The van der Waals surface area contributed by atoms with Crippen molar-refractivity contribution in [1.29, 1.82) is 0 Å². The van der Waals surface area contributed by atoms with E-state index in [9.17, 15) is 14.7 Å². The van der Waals surface area contributed by atoms with Crippen molar-refractivity contribution in [2.45, 2.75) is 44.8 Å². The van der Waals surface area contributed by atoms with Crippen molar-refractivity contribution in [3.8, 4) is 5.75 Å². The van der Waals surface area contributed by atoms with Gasteiger partial charge in [0.2, 0.25) is 5.91 Å². The number of nitrogens with zero attached hydrogens (tertiary/aromatic N) is 1. The van der Waals surface area contributed by atoms with E-state index in [4.69, 9.17) is 0 Å². The van der Waals surface area contributed by atoms with Crippen molar-refractivity contribution >= 4 is 44.9 Å². The highest BCUT2D eigenvalue weighted by Crippen LogP contribution is 2.33. The van der Waals surface area contributed by atoms with E-state index in [1.807, 2.05) is 13.0 Å². The maximum atomic E-state index is 12.6. The summed E-state index contributed by atoms with van der Waals surface area (Å²) >= 11 is 3.20. The largest absolute Gasteiger partial charge is 0.506 e. The van der Waals surface area contributed by atoms with Gasteiger partial charge in [0.1, 0.15) is 16.4 Å². The lowest BCUT2D eigenvalue weighted by Gasteiger charge is -2.10. The molecule has 152 valence electrons. The number of hydrogen-bond donors (Lipinski definition) is 3. The second-order valence-corrected chi connectivity index (χ2v) is 9.41. The van der Waals surface area contributed by atoms with Gasteiger partial charge in [-0.05, 0) is 49.8 Å². The summed E-state index contributed by atoms with van der Waals surface area (Å²) in [6.07, 6.45) is 4.66. The Hall–Kier alpha value is -2.32. The first-order valence-electron chi connectivity index (χ1n) is 9.72. The zero-order valence-corrected chi connectivity index (χ0v) is 17.8. The standard InChI is InChI=1S/C21H23N3O3S2/c1-12-5-4-7-14(25)19(12)24-17(26)9-10-28-11-16-22-20(27)18-13-6-2-3-8-15(13)29-21(18)23-16/h4-5,7,25H,2-3,6,8-11H2,1H3,(H,24,26)(H,22,23,27). The van der Waals surface area contributed by atoms with Gasteiger partial charge in [0.15, 0.2) is 0 Å². The summed E-state index contributed by atoms with van der Waals surface area (Å²) in [7, 11) is 0. The molecule has 0 atom stereocenters. The minimum absolute atomic E-state index is 0.0437. The average Bonchev–Trinajstić information content (AvgIpc) is 3.07. The van der Waals surface area contributed by atoms with Gasteiger partial charge in [0.05, 0.1) is 16.8 Å². The Bertz CT molecular complexity index is 1100. The number of rotatable bonds is 6. The Morgan fingerprint density at radius 2 is 2.17 bits per heavy atom. The number of carbonyl (C=O) groups excluding carboxylic acids is 1. The molecule has 8 heteroatoms.